The molecule has 0 rings (SSSR count). The van der Waals surface area contributed by atoms with E-state index in [1.807, 2.05) is 6.92 Å². The van der Waals surface area contributed by atoms with Crippen LogP contribution in [0.2, 0.25) is 0 Å². The number of amides is 1. The van der Waals surface area contributed by atoms with E-state index >= 15 is 0 Å². The first-order valence-electron chi connectivity index (χ1n) is 5.39. The number of carboxylic acid groups (broad SMARTS) is 1. The molecule has 1 atom stereocenters. The molecular weight excluding hydrogens is 310 g/mol. The van der Waals surface area contributed by atoms with Crippen LogP contribution in [0.25, 0.3) is 0 Å². The molecule has 106 valence electrons. The molecule has 0 aromatic carbocycles. The Morgan fingerprint density at radius 2 is 1.89 bits per heavy atom. The smallest absolute Gasteiger partial charge is 0.305 e. The van der Waals surface area contributed by atoms with Gasteiger partial charge in [-0.05, 0) is 19.6 Å². The molecule has 0 saturated heterocycles. The summed E-state index contributed by atoms with van der Waals surface area (Å²) in [5.74, 6) is -0.357. The van der Waals surface area contributed by atoms with Crippen LogP contribution in [0.1, 0.15) is 27.2 Å². The van der Waals surface area contributed by atoms with Gasteiger partial charge >= 0.3 is 5.97 Å². The highest BCUT2D eigenvalue weighted by molar-refractivity contribution is 8.30. The molecule has 0 saturated carbocycles. The van der Waals surface area contributed by atoms with Crippen LogP contribution in [-0.4, -0.2) is 36.8 Å². The predicted octanol–water partition coefficient (Wildman–Crippen LogP) is 2.31. The lowest BCUT2D eigenvalue weighted by Crippen LogP contribution is -2.42. The number of carbonyl (C=O) groups excluding carboxylic acids is 1. The van der Waals surface area contributed by atoms with Gasteiger partial charge in [0.25, 0.3) is 0 Å². The molecule has 0 aliphatic heterocycles. The quantitative estimate of drug-likeness (QED) is 0.406. The summed E-state index contributed by atoms with van der Waals surface area (Å²) in [6.45, 7) is 5.68. The zero-order valence-corrected chi connectivity index (χ0v) is 14.0. The number of rotatable bonds is 8. The van der Waals surface area contributed by atoms with Crippen molar-refractivity contribution in [2.75, 3.05) is 12.3 Å². The summed E-state index contributed by atoms with van der Waals surface area (Å²) < 4.78 is -1.37. The first-order valence-corrected chi connectivity index (χ1v) is 8.09. The third kappa shape index (κ3) is 7.70. The van der Waals surface area contributed by atoms with E-state index in [9.17, 15) is 9.59 Å². The second-order valence-corrected chi connectivity index (χ2v) is 10.3. The molecule has 0 heterocycles. The van der Waals surface area contributed by atoms with E-state index in [0.29, 0.717) is 0 Å². The van der Waals surface area contributed by atoms with Crippen molar-refractivity contribution in [1.82, 2.24) is 5.32 Å². The van der Waals surface area contributed by atoms with Gasteiger partial charge in [0.2, 0.25) is 5.91 Å². The minimum Gasteiger partial charge on any atom is -0.481 e. The number of hydrogen-bond acceptors (Lipinski definition) is 6. The Labute approximate surface area is 127 Å². The normalized spacial score (nSPS) is 14.9. The van der Waals surface area contributed by atoms with Crippen LogP contribution >= 0.6 is 48.8 Å². The molecule has 0 spiro atoms. The topological polar surface area (TPSA) is 66.4 Å². The Morgan fingerprint density at radius 1 is 1.33 bits per heavy atom. The molecule has 1 unspecified atom stereocenters. The van der Waals surface area contributed by atoms with Crippen LogP contribution in [0, 0.1) is 0 Å². The van der Waals surface area contributed by atoms with Crippen LogP contribution in [-0.2, 0) is 9.59 Å². The van der Waals surface area contributed by atoms with Crippen molar-refractivity contribution in [2.45, 2.75) is 34.7 Å². The maximum Gasteiger partial charge on any atom is 0.305 e. The maximum atomic E-state index is 12.1. The number of thioether (sulfide) groups is 2. The number of carboxylic acids is 1. The van der Waals surface area contributed by atoms with E-state index in [2.05, 4.69) is 30.6 Å². The molecule has 0 radical (unpaired) electrons. The van der Waals surface area contributed by atoms with Crippen molar-refractivity contribution in [3.63, 3.8) is 0 Å². The van der Waals surface area contributed by atoms with Crippen LogP contribution in [0.5, 0.6) is 0 Å². The molecule has 0 aromatic heterocycles. The van der Waals surface area contributed by atoms with Crippen molar-refractivity contribution in [1.29, 1.82) is 0 Å². The average molecular weight is 330 g/mol. The summed E-state index contributed by atoms with van der Waals surface area (Å²) in [5.41, 5.74) is 0. The van der Waals surface area contributed by atoms with Crippen molar-refractivity contribution < 1.29 is 14.7 Å². The minimum atomic E-state index is -0.930. The van der Waals surface area contributed by atoms with Gasteiger partial charge in [-0.1, -0.05) is 6.92 Å². The third-order valence-electron chi connectivity index (χ3n) is 1.84. The Hall–Kier alpha value is 0.340. The molecular formula is C10H19NO3S4. The summed E-state index contributed by atoms with van der Waals surface area (Å²) in [6.07, 6.45) is -0.0811. The zero-order chi connectivity index (χ0) is 14.4. The molecule has 0 aliphatic rings. The van der Waals surface area contributed by atoms with Crippen LogP contribution in [0.15, 0.2) is 0 Å². The van der Waals surface area contributed by atoms with Gasteiger partial charge in [0, 0.05) is 6.54 Å². The number of aliphatic carboxylic acids is 1. The van der Waals surface area contributed by atoms with Crippen molar-refractivity contribution in [3.8, 4) is 0 Å². The molecule has 1 amide bonds. The van der Waals surface area contributed by atoms with Gasteiger partial charge < -0.3 is 10.4 Å². The fourth-order valence-corrected chi connectivity index (χ4v) is 5.44. The highest BCUT2D eigenvalue weighted by Crippen LogP contribution is 2.47. The first kappa shape index (κ1) is 18.3. The van der Waals surface area contributed by atoms with Gasteiger partial charge in [0.15, 0.2) is 0 Å². The second kappa shape index (κ2) is 7.81. The van der Waals surface area contributed by atoms with E-state index in [-0.39, 0.29) is 18.9 Å². The summed E-state index contributed by atoms with van der Waals surface area (Å²) in [6, 6.07) is 0. The molecule has 4 nitrogen and oxygen atoms in total. The van der Waals surface area contributed by atoms with Gasteiger partial charge in [0.1, 0.15) is 4.08 Å². The molecule has 0 bridgehead atoms. The number of thiol groups is 2. The van der Waals surface area contributed by atoms with Crippen LogP contribution in [0.4, 0.5) is 0 Å². The molecule has 18 heavy (non-hydrogen) atoms. The predicted molar refractivity (Wildman–Crippen MR) is 85.8 cm³/mol. The SMILES string of the molecule is CCSC(C)(SC(C)(S)S)C(=O)NCCC(=O)O. The lowest BCUT2D eigenvalue weighted by molar-refractivity contribution is -0.136. The lowest BCUT2D eigenvalue weighted by atomic mass is 10.4. The number of carbonyl (C=O) groups is 2. The van der Waals surface area contributed by atoms with Gasteiger partial charge in [0.05, 0.1) is 9.83 Å². The maximum absolute atomic E-state index is 12.1. The van der Waals surface area contributed by atoms with Crippen molar-refractivity contribution >= 4 is 60.7 Å². The van der Waals surface area contributed by atoms with Gasteiger partial charge in [-0.15, -0.1) is 23.5 Å². The fraction of sp³-hybridized carbons (Fsp3) is 0.800. The minimum absolute atomic E-state index is 0.0811. The summed E-state index contributed by atoms with van der Waals surface area (Å²) in [5, 5.41) is 11.2. The van der Waals surface area contributed by atoms with Crippen LogP contribution in [0.3, 0.4) is 0 Å². The second-order valence-electron chi connectivity index (χ2n) is 3.81. The van der Waals surface area contributed by atoms with Gasteiger partial charge in [-0.25, -0.2) is 0 Å². The molecule has 8 heteroatoms. The molecule has 2 N–H and O–H groups in total. The van der Waals surface area contributed by atoms with E-state index in [4.69, 9.17) is 5.11 Å². The Morgan fingerprint density at radius 3 is 2.28 bits per heavy atom. The first-order chi connectivity index (χ1) is 8.10. The van der Waals surface area contributed by atoms with Crippen molar-refractivity contribution in [2.24, 2.45) is 0 Å². The van der Waals surface area contributed by atoms with E-state index in [1.54, 1.807) is 13.8 Å². The molecule has 0 aliphatic carbocycles. The highest BCUT2D eigenvalue weighted by Gasteiger charge is 2.38. The number of hydrogen-bond donors (Lipinski definition) is 4. The van der Waals surface area contributed by atoms with E-state index in [0.717, 1.165) is 5.75 Å². The average Bonchev–Trinajstić information content (AvgIpc) is 2.14. The number of nitrogens with one attached hydrogen (secondary N) is 1. The zero-order valence-electron chi connectivity index (χ0n) is 10.6. The Balaban J connectivity index is 4.56. The summed E-state index contributed by atoms with van der Waals surface area (Å²) in [7, 11) is 0. The third-order valence-corrected chi connectivity index (χ3v) is 4.98. The Bertz CT molecular complexity index is 306. The summed E-state index contributed by atoms with van der Waals surface area (Å²) >= 11 is 11.4. The van der Waals surface area contributed by atoms with Gasteiger partial charge in [-0.3, -0.25) is 9.59 Å². The van der Waals surface area contributed by atoms with E-state index < -0.39 is 13.5 Å². The van der Waals surface area contributed by atoms with E-state index in [1.165, 1.54) is 23.5 Å². The van der Waals surface area contributed by atoms with Gasteiger partial charge in [-0.2, -0.15) is 25.3 Å². The largest absolute Gasteiger partial charge is 0.481 e. The Kier molecular flexibility index (Phi) is 7.96. The summed E-state index contributed by atoms with van der Waals surface area (Å²) in [4.78, 5) is 22.5. The monoisotopic (exact) mass is 329 g/mol. The fourth-order valence-electron chi connectivity index (χ4n) is 1.23. The molecule has 0 fully saturated rings. The standard InChI is InChI=1S/C10H19NO3S4/c1-4-17-9(2,18-10(3,15)16)8(14)11-6-5-7(12)13/h15-16H,4-6H2,1-3H3,(H,11,14)(H,12,13). The molecule has 0 aromatic rings. The van der Waals surface area contributed by atoms with Crippen LogP contribution < -0.4 is 5.32 Å². The lowest BCUT2D eigenvalue weighted by Gasteiger charge is -2.32. The highest BCUT2D eigenvalue weighted by atomic mass is 32.3. The van der Waals surface area contributed by atoms with Crippen molar-refractivity contribution in [3.05, 3.63) is 0 Å².